The Morgan fingerprint density at radius 2 is 2.08 bits per heavy atom. The lowest BCUT2D eigenvalue weighted by molar-refractivity contribution is -0.134. The van der Waals surface area contributed by atoms with Gasteiger partial charge >= 0.3 is 6.03 Å². The van der Waals surface area contributed by atoms with Gasteiger partial charge < -0.3 is 10.6 Å². The Labute approximate surface area is 136 Å². The number of halogens is 2. The largest absolute Gasteiger partial charge is 0.354 e. The molecule has 2 rings (SSSR count). The molecule has 1 fully saturated rings. The number of carbonyl (C=O) groups is 3. The van der Waals surface area contributed by atoms with Crippen molar-refractivity contribution in [3.8, 4) is 6.07 Å². The van der Waals surface area contributed by atoms with E-state index in [9.17, 15) is 23.2 Å². The van der Waals surface area contributed by atoms with E-state index in [4.69, 9.17) is 5.26 Å². The van der Waals surface area contributed by atoms with E-state index in [1.54, 1.807) is 0 Å². The van der Waals surface area contributed by atoms with Crippen LogP contribution in [-0.2, 0) is 15.1 Å². The zero-order chi connectivity index (χ0) is 17.9. The molecule has 0 aliphatic carbocycles. The molecule has 1 aliphatic rings. The fourth-order valence-corrected chi connectivity index (χ4v) is 2.30. The summed E-state index contributed by atoms with van der Waals surface area (Å²) in [6.45, 7) is 0.905. The number of carbonyl (C=O) groups excluding carboxylic acids is 3. The van der Waals surface area contributed by atoms with Gasteiger partial charge in [-0.3, -0.25) is 14.5 Å². The number of amides is 4. The average Bonchev–Trinajstić information content (AvgIpc) is 2.74. The maximum absolute atomic E-state index is 13.4. The normalized spacial score (nSPS) is 19.8. The van der Waals surface area contributed by atoms with Crippen molar-refractivity contribution in [1.82, 2.24) is 15.5 Å². The van der Waals surface area contributed by atoms with Crippen molar-refractivity contribution in [3.05, 3.63) is 35.4 Å². The van der Waals surface area contributed by atoms with E-state index in [2.05, 4.69) is 10.6 Å². The first kappa shape index (κ1) is 17.3. The van der Waals surface area contributed by atoms with Crippen LogP contribution in [0.25, 0.3) is 0 Å². The number of nitrogens with zero attached hydrogens (tertiary/aromatic N) is 2. The number of hydrogen-bond donors (Lipinski definition) is 2. The Morgan fingerprint density at radius 3 is 2.71 bits per heavy atom. The average molecular weight is 336 g/mol. The topological polar surface area (TPSA) is 102 Å². The molecule has 126 valence electrons. The van der Waals surface area contributed by atoms with Crippen molar-refractivity contribution in [3.63, 3.8) is 0 Å². The fourth-order valence-electron chi connectivity index (χ4n) is 2.30. The van der Waals surface area contributed by atoms with Crippen molar-refractivity contribution in [2.75, 3.05) is 13.1 Å². The van der Waals surface area contributed by atoms with E-state index in [0.29, 0.717) is 4.90 Å². The predicted molar refractivity (Wildman–Crippen MR) is 77.2 cm³/mol. The summed E-state index contributed by atoms with van der Waals surface area (Å²) in [5.74, 6) is -3.59. The highest BCUT2D eigenvalue weighted by Crippen LogP contribution is 2.29. The number of benzene rings is 1. The molecule has 0 radical (unpaired) electrons. The highest BCUT2D eigenvalue weighted by atomic mass is 19.2. The van der Waals surface area contributed by atoms with Crippen molar-refractivity contribution in [1.29, 1.82) is 5.26 Å². The first-order valence-electron chi connectivity index (χ1n) is 7.03. The first-order valence-corrected chi connectivity index (χ1v) is 7.03. The summed E-state index contributed by atoms with van der Waals surface area (Å²) in [5.41, 5.74) is -1.54. The zero-order valence-electron chi connectivity index (χ0n) is 12.7. The van der Waals surface area contributed by atoms with Gasteiger partial charge in [0.05, 0.1) is 12.5 Å². The second-order valence-corrected chi connectivity index (χ2v) is 5.33. The molecule has 1 aromatic rings. The molecule has 1 aliphatic heterocycles. The minimum Gasteiger partial charge on any atom is -0.354 e. The van der Waals surface area contributed by atoms with E-state index < -0.39 is 41.6 Å². The molecule has 1 saturated heterocycles. The van der Waals surface area contributed by atoms with Gasteiger partial charge in [-0.25, -0.2) is 13.6 Å². The SMILES string of the molecule is C[C@@]1(c2ccc(F)c(F)c2)NC(=O)N(CC(=O)NCCC#N)C1=O. The van der Waals surface area contributed by atoms with Crippen LogP contribution in [0, 0.1) is 23.0 Å². The van der Waals surface area contributed by atoms with E-state index in [1.807, 2.05) is 6.07 Å². The van der Waals surface area contributed by atoms with Gasteiger partial charge in [0.1, 0.15) is 12.1 Å². The molecule has 0 aromatic heterocycles. The molecule has 1 heterocycles. The highest BCUT2D eigenvalue weighted by Gasteiger charge is 2.49. The molecule has 0 spiro atoms. The van der Waals surface area contributed by atoms with Gasteiger partial charge in [0.25, 0.3) is 5.91 Å². The number of nitriles is 1. The smallest absolute Gasteiger partial charge is 0.325 e. The summed E-state index contributed by atoms with van der Waals surface area (Å²) >= 11 is 0. The van der Waals surface area contributed by atoms with E-state index >= 15 is 0 Å². The van der Waals surface area contributed by atoms with Crippen LogP contribution in [-0.4, -0.2) is 35.8 Å². The quantitative estimate of drug-likeness (QED) is 0.612. The zero-order valence-corrected chi connectivity index (χ0v) is 12.7. The number of rotatable bonds is 5. The Hall–Kier alpha value is -3.02. The third-order valence-corrected chi connectivity index (χ3v) is 3.63. The van der Waals surface area contributed by atoms with Crippen molar-refractivity contribution < 1.29 is 23.2 Å². The van der Waals surface area contributed by atoms with Gasteiger partial charge in [-0.05, 0) is 24.6 Å². The van der Waals surface area contributed by atoms with Crippen LogP contribution in [0.15, 0.2) is 18.2 Å². The summed E-state index contributed by atoms with van der Waals surface area (Å²) < 4.78 is 26.5. The van der Waals surface area contributed by atoms with Crippen LogP contribution in [0.4, 0.5) is 13.6 Å². The van der Waals surface area contributed by atoms with Gasteiger partial charge in [0.15, 0.2) is 11.6 Å². The lowest BCUT2D eigenvalue weighted by atomic mass is 9.92. The number of urea groups is 1. The lowest BCUT2D eigenvalue weighted by Gasteiger charge is -2.22. The third-order valence-electron chi connectivity index (χ3n) is 3.63. The van der Waals surface area contributed by atoms with Gasteiger partial charge in [-0.2, -0.15) is 5.26 Å². The minimum atomic E-state index is -1.60. The summed E-state index contributed by atoms with van der Waals surface area (Å²) in [5, 5.41) is 13.2. The van der Waals surface area contributed by atoms with Gasteiger partial charge in [-0.15, -0.1) is 0 Å². The molecule has 0 bridgehead atoms. The highest BCUT2D eigenvalue weighted by molar-refractivity contribution is 6.09. The van der Waals surface area contributed by atoms with Gasteiger partial charge in [0.2, 0.25) is 5.91 Å². The van der Waals surface area contributed by atoms with E-state index in [1.165, 1.54) is 13.0 Å². The van der Waals surface area contributed by atoms with E-state index in [-0.39, 0.29) is 18.5 Å². The Balaban J connectivity index is 2.17. The van der Waals surface area contributed by atoms with Crippen molar-refractivity contribution >= 4 is 17.8 Å². The van der Waals surface area contributed by atoms with Crippen LogP contribution in [0.2, 0.25) is 0 Å². The molecule has 9 heteroatoms. The molecule has 0 unspecified atom stereocenters. The van der Waals surface area contributed by atoms with Crippen LogP contribution >= 0.6 is 0 Å². The first-order chi connectivity index (χ1) is 11.3. The Morgan fingerprint density at radius 1 is 1.38 bits per heavy atom. The summed E-state index contributed by atoms with van der Waals surface area (Å²) in [6.07, 6.45) is 0.0957. The number of nitrogens with one attached hydrogen (secondary N) is 2. The van der Waals surface area contributed by atoms with Crippen LogP contribution in [0.1, 0.15) is 18.9 Å². The molecule has 2 N–H and O–H groups in total. The molecule has 4 amide bonds. The summed E-state index contributed by atoms with van der Waals surface area (Å²) in [6, 6.07) is 3.89. The molecular weight excluding hydrogens is 322 g/mol. The molecule has 7 nitrogen and oxygen atoms in total. The predicted octanol–water partition coefficient (Wildman–Crippen LogP) is 0.762. The molecule has 1 aromatic carbocycles. The lowest BCUT2D eigenvalue weighted by Crippen LogP contribution is -2.43. The molecule has 24 heavy (non-hydrogen) atoms. The Kier molecular flexibility index (Phi) is 4.78. The van der Waals surface area contributed by atoms with Gasteiger partial charge in [-0.1, -0.05) is 6.07 Å². The second-order valence-electron chi connectivity index (χ2n) is 5.33. The monoisotopic (exact) mass is 336 g/mol. The molecule has 1 atom stereocenters. The maximum Gasteiger partial charge on any atom is 0.325 e. The fraction of sp³-hybridized carbons (Fsp3) is 0.333. The van der Waals surface area contributed by atoms with Crippen LogP contribution in [0.5, 0.6) is 0 Å². The second kappa shape index (κ2) is 6.62. The molecular formula is C15H14F2N4O3. The Bertz CT molecular complexity index is 747. The van der Waals surface area contributed by atoms with Crippen LogP contribution in [0.3, 0.4) is 0 Å². The number of hydrogen-bond acceptors (Lipinski definition) is 4. The standard InChI is InChI=1S/C15H14F2N4O3/c1-15(9-3-4-10(16)11(17)7-9)13(23)21(14(24)20-15)8-12(22)19-6-2-5-18/h3-4,7H,2,6,8H2,1H3,(H,19,22)(H,20,24)/t15-/m0/s1. The minimum absolute atomic E-state index is 0.0622. The maximum atomic E-state index is 13.4. The van der Waals surface area contributed by atoms with Crippen molar-refractivity contribution in [2.24, 2.45) is 0 Å². The summed E-state index contributed by atoms with van der Waals surface area (Å²) in [7, 11) is 0. The van der Waals surface area contributed by atoms with Crippen LogP contribution < -0.4 is 10.6 Å². The van der Waals surface area contributed by atoms with Gasteiger partial charge in [0, 0.05) is 6.54 Å². The third kappa shape index (κ3) is 3.17. The van der Waals surface area contributed by atoms with E-state index in [0.717, 1.165) is 12.1 Å². The molecule has 0 saturated carbocycles. The van der Waals surface area contributed by atoms with Crippen molar-refractivity contribution in [2.45, 2.75) is 18.9 Å². The summed E-state index contributed by atoms with van der Waals surface area (Å²) in [4.78, 5) is 36.9. The number of imide groups is 1.